The Morgan fingerprint density at radius 3 is 2.69 bits per heavy atom. The van der Waals surface area contributed by atoms with Gasteiger partial charge in [0.1, 0.15) is 0 Å². The predicted molar refractivity (Wildman–Crippen MR) is 111 cm³/mol. The van der Waals surface area contributed by atoms with Crippen LogP contribution in [0.25, 0.3) is 0 Å². The molecule has 2 aromatic rings. The number of hydrogen-bond donors (Lipinski definition) is 0. The first-order valence-corrected chi connectivity index (χ1v) is 10.1. The molecule has 2 aliphatic rings. The van der Waals surface area contributed by atoms with Crippen LogP contribution in [-0.4, -0.2) is 48.0 Å². The Hall–Kier alpha value is -2.19. The second-order valence-corrected chi connectivity index (χ2v) is 7.91. The average molecular weight is 436 g/mol. The summed E-state index contributed by atoms with van der Waals surface area (Å²) in [6.07, 6.45) is 0.466. The lowest BCUT2D eigenvalue weighted by Gasteiger charge is -2.36. The maximum atomic E-state index is 13.1. The summed E-state index contributed by atoms with van der Waals surface area (Å²) in [5.74, 6) is -0.0414. The molecule has 9 heteroatoms. The van der Waals surface area contributed by atoms with Crippen LogP contribution in [0, 0.1) is 10.1 Å². The summed E-state index contributed by atoms with van der Waals surface area (Å²) in [5.41, 5.74) is 1.45. The van der Waals surface area contributed by atoms with Gasteiger partial charge < -0.3 is 9.64 Å². The lowest BCUT2D eigenvalue weighted by atomic mass is 10.1. The number of rotatable bonds is 4. The van der Waals surface area contributed by atoms with E-state index in [1.807, 2.05) is 6.07 Å². The molecule has 2 saturated heterocycles. The van der Waals surface area contributed by atoms with Crippen molar-refractivity contribution in [3.8, 4) is 0 Å². The first kappa shape index (κ1) is 20.1. The summed E-state index contributed by atoms with van der Waals surface area (Å²) in [6.45, 7) is 2.25. The van der Waals surface area contributed by atoms with Crippen LogP contribution in [0.5, 0.6) is 0 Å². The summed E-state index contributed by atoms with van der Waals surface area (Å²) in [7, 11) is 0. The highest BCUT2D eigenvalue weighted by Crippen LogP contribution is 2.32. The van der Waals surface area contributed by atoms with Gasteiger partial charge in [-0.05, 0) is 30.2 Å². The largest absolute Gasteiger partial charge is 0.371 e. The quantitative estimate of drug-likeness (QED) is 0.533. The second kappa shape index (κ2) is 8.28. The van der Waals surface area contributed by atoms with E-state index in [1.54, 1.807) is 29.2 Å². The Bertz CT molecular complexity index is 955. The van der Waals surface area contributed by atoms with Gasteiger partial charge in [-0.3, -0.25) is 19.8 Å². The number of non-ortho nitro benzene ring substituents is 1. The Labute approximate surface area is 177 Å². The van der Waals surface area contributed by atoms with Crippen molar-refractivity contribution in [1.29, 1.82) is 0 Å². The molecule has 0 bridgehead atoms. The SMILES string of the molecule is O=C1C(N2CCOC(c3ccc(Cl)c(Cl)c3)C2)CCN1c1cccc([N+](=O)[O-])c1. The van der Waals surface area contributed by atoms with Gasteiger partial charge in [-0.1, -0.05) is 35.3 Å². The number of nitro groups is 1. The third-order valence-electron chi connectivity index (χ3n) is 5.38. The monoisotopic (exact) mass is 435 g/mol. The van der Waals surface area contributed by atoms with E-state index >= 15 is 0 Å². The smallest absolute Gasteiger partial charge is 0.271 e. The van der Waals surface area contributed by atoms with Crippen LogP contribution in [0.1, 0.15) is 18.1 Å². The predicted octanol–water partition coefficient (Wildman–Crippen LogP) is 4.08. The van der Waals surface area contributed by atoms with Gasteiger partial charge in [-0.15, -0.1) is 0 Å². The molecule has 4 rings (SSSR count). The molecular weight excluding hydrogens is 417 g/mol. The third-order valence-corrected chi connectivity index (χ3v) is 6.12. The molecule has 2 atom stereocenters. The summed E-state index contributed by atoms with van der Waals surface area (Å²) in [4.78, 5) is 27.4. The summed E-state index contributed by atoms with van der Waals surface area (Å²) in [6, 6.07) is 11.3. The molecule has 152 valence electrons. The summed E-state index contributed by atoms with van der Waals surface area (Å²) in [5, 5.41) is 12.0. The molecule has 1 amide bonds. The number of nitrogens with zero attached hydrogens (tertiary/aromatic N) is 3. The molecule has 0 N–H and O–H groups in total. The molecule has 0 radical (unpaired) electrons. The fourth-order valence-corrected chi connectivity index (χ4v) is 4.21. The van der Waals surface area contributed by atoms with Gasteiger partial charge in [0.2, 0.25) is 5.91 Å². The number of anilines is 1. The van der Waals surface area contributed by atoms with Gasteiger partial charge >= 0.3 is 0 Å². The zero-order valence-corrected chi connectivity index (χ0v) is 17.0. The molecule has 2 unspecified atom stereocenters. The fourth-order valence-electron chi connectivity index (χ4n) is 3.90. The maximum Gasteiger partial charge on any atom is 0.271 e. The van der Waals surface area contributed by atoms with E-state index in [1.165, 1.54) is 12.1 Å². The number of carbonyl (C=O) groups is 1. The van der Waals surface area contributed by atoms with Crippen molar-refractivity contribution in [1.82, 2.24) is 4.90 Å². The topological polar surface area (TPSA) is 75.9 Å². The molecule has 29 heavy (non-hydrogen) atoms. The molecule has 2 aromatic carbocycles. The van der Waals surface area contributed by atoms with Crippen molar-refractivity contribution in [2.45, 2.75) is 18.6 Å². The molecule has 0 aliphatic carbocycles. The van der Waals surface area contributed by atoms with Crippen LogP contribution in [0.4, 0.5) is 11.4 Å². The van der Waals surface area contributed by atoms with Crippen LogP contribution in [0.15, 0.2) is 42.5 Å². The second-order valence-electron chi connectivity index (χ2n) is 7.10. The van der Waals surface area contributed by atoms with Crippen LogP contribution in [-0.2, 0) is 9.53 Å². The van der Waals surface area contributed by atoms with Crippen molar-refractivity contribution in [2.75, 3.05) is 31.1 Å². The van der Waals surface area contributed by atoms with E-state index in [0.29, 0.717) is 48.4 Å². The number of benzene rings is 2. The highest BCUT2D eigenvalue weighted by atomic mass is 35.5. The number of hydrogen-bond acceptors (Lipinski definition) is 5. The number of halogens is 2. The number of amides is 1. The molecule has 0 saturated carbocycles. The van der Waals surface area contributed by atoms with Crippen LogP contribution in [0.2, 0.25) is 10.0 Å². The van der Waals surface area contributed by atoms with Gasteiger partial charge in [-0.25, -0.2) is 0 Å². The van der Waals surface area contributed by atoms with Crippen molar-refractivity contribution in [3.63, 3.8) is 0 Å². The van der Waals surface area contributed by atoms with Gasteiger partial charge in [-0.2, -0.15) is 0 Å². The molecule has 2 heterocycles. The summed E-state index contributed by atoms with van der Waals surface area (Å²) < 4.78 is 5.89. The Balaban J connectivity index is 1.49. The first-order valence-electron chi connectivity index (χ1n) is 9.30. The van der Waals surface area contributed by atoms with E-state index in [9.17, 15) is 14.9 Å². The molecule has 0 aromatic heterocycles. The van der Waals surface area contributed by atoms with Gasteiger partial charge in [0, 0.05) is 31.8 Å². The number of ether oxygens (including phenoxy) is 1. The zero-order chi connectivity index (χ0) is 20.5. The normalized spacial score (nSPS) is 22.8. The minimum absolute atomic E-state index is 0.0233. The number of carbonyl (C=O) groups excluding carboxylic acids is 1. The van der Waals surface area contributed by atoms with Crippen molar-refractivity contribution in [2.24, 2.45) is 0 Å². The number of nitro benzene ring substituents is 1. The highest BCUT2D eigenvalue weighted by molar-refractivity contribution is 6.42. The molecular formula is C20H19Cl2N3O4. The fraction of sp³-hybridized carbons (Fsp3) is 0.350. The molecule has 2 fully saturated rings. The molecule has 0 spiro atoms. The van der Waals surface area contributed by atoms with Crippen LogP contribution >= 0.6 is 23.2 Å². The van der Waals surface area contributed by atoms with E-state index in [-0.39, 0.29) is 23.7 Å². The van der Waals surface area contributed by atoms with Crippen molar-refractivity contribution < 1.29 is 14.5 Å². The van der Waals surface area contributed by atoms with Gasteiger partial charge in [0.25, 0.3) is 5.69 Å². The Kier molecular flexibility index (Phi) is 5.74. The number of morpholine rings is 1. The first-order chi connectivity index (χ1) is 13.9. The molecule has 2 aliphatic heterocycles. The minimum Gasteiger partial charge on any atom is -0.371 e. The lowest BCUT2D eigenvalue weighted by Crippen LogP contribution is -2.48. The highest BCUT2D eigenvalue weighted by Gasteiger charge is 2.39. The minimum atomic E-state index is -0.453. The Morgan fingerprint density at radius 2 is 1.93 bits per heavy atom. The maximum absolute atomic E-state index is 13.1. The van der Waals surface area contributed by atoms with E-state index in [0.717, 1.165) is 5.56 Å². The standard InChI is InChI=1S/C20H19Cl2N3O4/c21-16-5-4-13(10-17(16)22)19-12-23(8-9-29-19)18-6-7-24(20(18)26)14-2-1-3-15(11-14)25(27)28/h1-5,10-11,18-19H,6-9,12H2. The lowest BCUT2D eigenvalue weighted by molar-refractivity contribution is -0.384. The van der Waals surface area contributed by atoms with Crippen LogP contribution < -0.4 is 4.90 Å². The van der Waals surface area contributed by atoms with Crippen molar-refractivity contribution >= 4 is 40.5 Å². The zero-order valence-electron chi connectivity index (χ0n) is 15.5. The van der Waals surface area contributed by atoms with E-state index in [2.05, 4.69) is 4.90 Å². The van der Waals surface area contributed by atoms with Gasteiger partial charge in [0.15, 0.2) is 0 Å². The average Bonchev–Trinajstić information content (AvgIpc) is 3.11. The van der Waals surface area contributed by atoms with E-state index < -0.39 is 4.92 Å². The van der Waals surface area contributed by atoms with Crippen molar-refractivity contribution in [3.05, 3.63) is 68.2 Å². The molecule has 7 nitrogen and oxygen atoms in total. The third kappa shape index (κ3) is 4.09. The summed E-state index contributed by atoms with van der Waals surface area (Å²) >= 11 is 12.1. The van der Waals surface area contributed by atoms with E-state index in [4.69, 9.17) is 27.9 Å². The van der Waals surface area contributed by atoms with Gasteiger partial charge in [0.05, 0.1) is 39.4 Å². The van der Waals surface area contributed by atoms with Crippen LogP contribution in [0.3, 0.4) is 0 Å². The Morgan fingerprint density at radius 1 is 1.10 bits per heavy atom.